The molecule has 0 bridgehead atoms. The van der Waals surface area contributed by atoms with E-state index in [0.717, 1.165) is 36.8 Å². The van der Waals surface area contributed by atoms with Crippen molar-refractivity contribution in [1.29, 1.82) is 0 Å². The third-order valence-electron chi connectivity index (χ3n) is 5.29. The molecular formula is C26H43N3O4S. The number of aryl methyl sites for hydroxylation is 1. The van der Waals surface area contributed by atoms with E-state index in [0.29, 0.717) is 6.54 Å². The van der Waals surface area contributed by atoms with Gasteiger partial charge in [0.15, 0.2) is 0 Å². The molecule has 3 amide bonds. The standard InChI is InChI=1S/C26H43N3O4S/c1-8-10-11-16-27-23(30)22(20-14-12-19(9-2)13-15-20)29(18(3)4)24(31)21(17-34)28-25(32)33-26(5,6)7/h12-15,18,21-22,34H,8-11,16-17H2,1-7H3,(H,27,30)(H,28,32). The van der Waals surface area contributed by atoms with Gasteiger partial charge in [-0.15, -0.1) is 0 Å². The van der Waals surface area contributed by atoms with Crippen molar-refractivity contribution < 1.29 is 19.1 Å². The van der Waals surface area contributed by atoms with Crippen LogP contribution >= 0.6 is 12.6 Å². The Morgan fingerprint density at radius 2 is 1.68 bits per heavy atom. The van der Waals surface area contributed by atoms with Crippen molar-refractivity contribution in [3.8, 4) is 0 Å². The van der Waals surface area contributed by atoms with Gasteiger partial charge in [0, 0.05) is 18.3 Å². The predicted molar refractivity (Wildman–Crippen MR) is 140 cm³/mol. The number of ether oxygens (including phenoxy) is 1. The number of hydrogen-bond acceptors (Lipinski definition) is 5. The summed E-state index contributed by atoms with van der Waals surface area (Å²) >= 11 is 4.30. The lowest BCUT2D eigenvalue weighted by molar-refractivity contribution is -0.144. The van der Waals surface area contributed by atoms with Crippen molar-refractivity contribution >= 4 is 30.5 Å². The van der Waals surface area contributed by atoms with Gasteiger partial charge in [0.2, 0.25) is 11.8 Å². The number of carbonyl (C=O) groups excluding carboxylic acids is 3. The number of amides is 3. The van der Waals surface area contributed by atoms with Crippen LogP contribution < -0.4 is 10.6 Å². The summed E-state index contributed by atoms with van der Waals surface area (Å²) in [7, 11) is 0. The van der Waals surface area contributed by atoms with Gasteiger partial charge in [-0.2, -0.15) is 12.6 Å². The summed E-state index contributed by atoms with van der Waals surface area (Å²) in [4.78, 5) is 40.9. The fourth-order valence-electron chi connectivity index (χ4n) is 3.55. The fraction of sp³-hybridized carbons (Fsp3) is 0.654. The molecule has 0 fully saturated rings. The molecule has 1 aromatic rings. The summed E-state index contributed by atoms with van der Waals surface area (Å²) in [5, 5.41) is 5.62. The Bertz CT molecular complexity index is 790. The van der Waals surface area contributed by atoms with Gasteiger partial charge in [0.1, 0.15) is 17.7 Å². The van der Waals surface area contributed by atoms with E-state index in [2.05, 4.69) is 37.1 Å². The molecule has 2 N–H and O–H groups in total. The molecular weight excluding hydrogens is 450 g/mol. The predicted octanol–water partition coefficient (Wildman–Crippen LogP) is 4.66. The van der Waals surface area contributed by atoms with Crippen LogP contribution in [0.1, 0.15) is 84.9 Å². The van der Waals surface area contributed by atoms with Crippen LogP contribution in [0.4, 0.5) is 4.79 Å². The first-order valence-electron chi connectivity index (χ1n) is 12.2. The molecule has 2 unspecified atom stereocenters. The van der Waals surface area contributed by atoms with Crippen molar-refractivity contribution in [3.63, 3.8) is 0 Å². The Morgan fingerprint density at radius 1 is 1.06 bits per heavy atom. The van der Waals surface area contributed by atoms with Crippen LogP contribution in [0, 0.1) is 0 Å². The van der Waals surface area contributed by atoms with Gasteiger partial charge in [0.25, 0.3) is 0 Å². The van der Waals surface area contributed by atoms with Crippen LogP contribution in [0.5, 0.6) is 0 Å². The minimum absolute atomic E-state index is 0.0703. The molecule has 8 heteroatoms. The van der Waals surface area contributed by atoms with E-state index in [4.69, 9.17) is 4.74 Å². The Labute approximate surface area is 210 Å². The second-order valence-electron chi connectivity index (χ2n) is 9.72. The number of hydrogen-bond donors (Lipinski definition) is 3. The van der Waals surface area contributed by atoms with Gasteiger partial charge in [-0.1, -0.05) is 51.0 Å². The lowest BCUT2D eigenvalue weighted by Crippen LogP contribution is -2.55. The molecule has 1 rings (SSSR count). The summed E-state index contributed by atoms with van der Waals surface area (Å²) in [5.41, 5.74) is 1.17. The lowest BCUT2D eigenvalue weighted by Gasteiger charge is -2.37. The first-order valence-corrected chi connectivity index (χ1v) is 12.9. The van der Waals surface area contributed by atoms with Gasteiger partial charge in [-0.25, -0.2) is 4.79 Å². The SMILES string of the molecule is CCCCCNC(=O)C(c1ccc(CC)cc1)N(C(=O)C(CS)NC(=O)OC(C)(C)C)C(C)C. The van der Waals surface area contributed by atoms with Crippen LogP contribution in [-0.4, -0.2) is 52.8 Å². The molecule has 0 saturated carbocycles. The molecule has 0 spiro atoms. The quantitative estimate of drug-likeness (QED) is 0.292. The molecule has 0 heterocycles. The highest BCUT2D eigenvalue weighted by Gasteiger charge is 2.37. The Morgan fingerprint density at radius 3 is 2.15 bits per heavy atom. The summed E-state index contributed by atoms with van der Waals surface area (Å²) in [6.45, 7) is 13.7. The molecule has 2 atom stereocenters. The molecule has 7 nitrogen and oxygen atoms in total. The molecule has 0 aromatic heterocycles. The summed E-state index contributed by atoms with van der Waals surface area (Å²) in [5.74, 6) is -0.553. The van der Waals surface area contributed by atoms with E-state index >= 15 is 0 Å². The number of nitrogens with zero attached hydrogens (tertiary/aromatic N) is 1. The van der Waals surface area contributed by atoms with E-state index in [1.54, 1.807) is 20.8 Å². The van der Waals surface area contributed by atoms with E-state index in [-0.39, 0.29) is 23.6 Å². The highest BCUT2D eigenvalue weighted by atomic mass is 32.1. The second-order valence-corrected chi connectivity index (χ2v) is 10.1. The molecule has 0 saturated heterocycles. The van der Waals surface area contributed by atoms with Gasteiger partial charge in [-0.05, 0) is 58.6 Å². The zero-order valence-corrected chi connectivity index (χ0v) is 22.7. The zero-order valence-electron chi connectivity index (χ0n) is 21.8. The third-order valence-corrected chi connectivity index (χ3v) is 5.66. The number of unbranched alkanes of at least 4 members (excludes halogenated alkanes) is 2. The van der Waals surface area contributed by atoms with Gasteiger partial charge in [-0.3, -0.25) is 9.59 Å². The Kier molecular flexibility index (Phi) is 12.5. The highest BCUT2D eigenvalue weighted by molar-refractivity contribution is 7.80. The maximum Gasteiger partial charge on any atom is 0.408 e. The Balaban J connectivity index is 3.28. The number of thiol groups is 1. The van der Waals surface area contributed by atoms with E-state index < -0.39 is 23.8 Å². The van der Waals surface area contributed by atoms with Crippen molar-refractivity contribution in [2.75, 3.05) is 12.3 Å². The maximum absolute atomic E-state index is 13.7. The van der Waals surface area contributed by atoms with E-state index in [9.17, 15) is 14.4 Å². The third kappa shape index (κ3) is 9.57. The van der Waals surface area contributed by atoms with Crippen LogP contribution in [-0.2, 0) is 20.7 Å². The lowest BCUT2D eigenvalue weighted by atomic mass is 9.99. The smallest absolute Gasteiger partial charge is 0.408 e. The summed E-state index contributed by atoms with van der Waals surface area (Å²) in [6, 6.07) is 5.68. The number of carbonyl (C=O) groups is 3. The second kappa shape index (κ2) is 14.2. The van der Waals surface area contributed by atoms with E-state index in [1.165, 1.54) is 4.90 Å². The topological polar surface area (TPSA) is 87.7 Å². The molecule has 1 aromatic carbocycles. The van der Waals surface area contributed by atoms with E-state index in [1.807, 2.05) is 38.1 Å². The molecule has 0 aliphatic carbocycles. The Hall–Kier alpha value is -2.22. The van der Waals surface area contributed by atoms with Gasteiger partial charge in [0.05, 0.1) is 0 Å². The van der Waals surface area contributed by atoms with Crippen molar-refractivity contribution in [3.05, 3.63) is 35.4 Å². The van der Waals surface area contributed by atoms with Crippen molar-refractivity contribution in [1.82, 2.24) is 15.5 Å². The minimum Gasteiger partial charge on any atom is -0.444 e. The molecule has 0 aliphatic heterocycles. The number of alkyl carbamates (subject to hydrolysis) is 1. The van der Waals surface area contributed by atoms with Gasteiger partial charge < -0.3 is 20.3 Å². The van der Waals surface area contributed by atoms with Crippen LogP contribution in [0.25, 0.3) is 0 Å². The number of nitrogens with one attached hydrogen (secondary N) is 2. The highest BCUT2D eigenvalue weighted by Crippen LogP contribution is 2.26. The average Bonchev–Trinajstić information content (AvgIpc) is 2.76. The maximum atomic E-state index is 13.7. The molecule has 34 heavy (non-hydrogen) atoms. The molecule has 192 valence electrons. The number of rotatable bonds is 12. The monoisotopic (exact) mass is 493 g/mol. The van der Waals surface area contributed by atoms with Crippen molar-refractivity contribution in [2.45, 2.75) is 97.9 Å². The fourth-order valence-corrected chi connectivity index (χ4v) is 3.80. The minimum atomic E-state index is -0.939. The first kappa shape index (κ1) is 29.8. The van der Waals surface area contributed by atoms with Crippen LogP contribution in [0.15, 0.2) is 24.3 Å². The van der Waals surface area contributed by atoms with Crippen LogP contribution in [0.3, 0.4) is 0 Å². The van der Waals surface area contributed by atoms with Crippen LogP contribution in [0.2, 0.25) is 0 Å². The van der Waals surface area contributed by atoms with Gasteiger partial charge >= 0.3 is 6.09 Å². The summed E-state index contributed by atoms with van der Waals surface area (Å²) < 4.78 is 5.32. The molecule has 0 radical (unpaired) electrons. The normalized spacial score (nSPS) is 13.2. The zero-order chi connectivity index (χ0) is 25.9. The largest absolute Gasteiger partial charge is 0.444 e. The van der Waals surface area contributed by atoms with Crippen molar-refractivity contribution in [2.24, 2.45) is 0 Å². The molecule has 0 aliphatic rings. The first-order chi connectivity index (χ1) is 15.9. The number of benzene rings is 1. The summed E-state index contributed by atoms with van der Waals surface area (Å²) in [6.07, 6.45) is 3.12. The average molecular weight is 494 g/mol.